The Labute approximate surface area is 137 Å². The number of benzene rings is 1. The Balaban J connectivity index is 2.48. The fourth-order valence-electron chi connectivity index (χ4n) is 2.98. The molecule has 0 radical (unpaired) electrons. The topological polar surface area (TPSA) is 55.8 Å². The Morgan fingerprint density at radius 3 is 2.14 bits per heavy atom. The molecular weight excluding hydrogens is 326 g/mol. The predicted molar refractivity (Wildman–Crippen MR) is 86.3 cm³/mol. The van der Waals surface area contributed by atoms with Gasteiger partial charge >= 0.3 is 0 Å². The maximum atomic E-state index is 13.0. The van der Waals surface area contributed by atoms with Crippen LogP contribution in [0.25, 0.3) is 0 Å². The first-order chi connectivity index (χ1) is 10.3. The molecular formula is C15H22ClNO4S. The zero-order chi connectivity index (χ0) is 16.5. The maximum Gasteiger partial charge on any atom is 0.246 e. The molecule has 2 unspecified atom stereocenters. The fourth-order valence-corrected chi connectivity index (χ4v) is 5.04. The van der Waals surface area contributed by atoms with Gasteiger partial charge in [0.15, 0.2) is 0 Å². The number of rotatable bonds is 4. The minimum Gasteiger partial charge on any atom is -0.495 e. The Kier molecular flexibility index (Phi) is 5.25. The molecule has 124 valence electrons. The summed E-state index contributed by atoms with van der Waals surface area (Å²) in [4.78, 5) is 0.0950. The van der Waals surface area contributed by atoms with Gasteiger partial charge in [-0.1, -0.05) is 25.4 Å². The second-order valence-electron chi connectivity index (χ2n) is 5.91. The van der Waals surface area contributed by atoms with Gasteiger partial charge in [-0.15, -0.1) is 0 Å². The van der Waals surface area contributed by atoms with Crippen molar-refractivity contribution in [2.24, 2.45) is 11.8 Å². The molecule has 2 atom stereocenters. The van der Waals surface area contributed by atoms with Gasteiger partial charge in [0, 0.05) is 25.2 Å². The Morgan fingerprint density at radius 2 is 1.64 bits per heavy atom. The average Bonchev–Trinajstić information content (AvgIpc) is 2.45. The minimum atomic E-state index is -3.65. The summed E-state index contributed by atoms with van der Waals surface area (Å²) in [5, 5.41) is 0.318. The first-order valence-corrected chi connectivity index (χ1v) is 9.03. The van der Waals surface area contributed by atoms with Gasteiger partial charge < -0.3 is 9.47 Å². The van der Waals surface area contributed by atoms with Crippen LogP contribution in [-0.4, -0.2) is 40.0 Å². The van der Waals surface area contributed by atoms with Gasteiger partial charge in [0.1, 0.15) is 16.4 Å². The number of sulfonamides is 1. The highest BCUT2D eigenvalue weighted by molar-refractivity contribution is 7.89. The average molecular weight is 348 g/mol. The summed E-state index contributed by atoms with van der Waals surface area (Å²) in [6, 6.07) is 2.91. The van der Waals surface area contributed by atoms with Crippen molar-refractivity contribution in [3.8, 4) is 11.5 Å². The maximum absolute atomic E-state index is 13.0. The number of ether oxygens (including phenoxy) is 2. The van der Waals surface area contributed by atoms with Gasteiger partial charge in [-0.05, 0) is 18.3 Å². The van der Waals surface area contributed by atoms with Gasteiger partial charge in [-0.2, -0.15) is 4.31 Å². The van der Waals surface area contributed by atoms with Crippen LogP contribution in [0.15, 0.2) is 17.0 Å². The third-order valence-electron chi connectivity index (χ3n) is 3.89. The van der Waals surface area contributed by atoms with Crippen molar-refractivity contribution in [2.75, 3.05) is 27.3 Å². The van der Waals surface area contributed by atoms with E-state index in [-0.39, 0.29) is 10.6 Å². The molecule has 1 fully saturated rings. The van der Waals surface area contributed by atoms with Crippen LogP contribution in [0.2, 0.25) is 5.02 Å². The Morgan fingerprint density at radius 1 is 1.09 bits per heavy atom. The molecule has 0 aromatic heterocycles. The van der Waals surface area contributed by atoms with Crippen molar-refractivity contribution < 1.29 is 17.9 Å². The van der Waals surface area contributed by atoms with Gasteiger partial charge in [-0.3, -0.25) is 0 Å². The Bertz CT molecular complexity index is 637. The molecule has 0 spiro atoms. The highest BCUT2D eigenvalue weighted by atomic mass is 35.5. The van der Waals surface area contributed by atoms with Gasteiger partial charge in [-0.25, -0.2) is 8.42 Å². The number of methoxy groups -OCH3 is 2. The SMILES string of the molecule is COc1cc(S(=O)(=O)N2CC(C)CC(C)C2)c(OC)cc1Cl. The molecule has 1 aromatic rings. The molecule has 22 heavy (non-hydrogen) atoms. The lowest BCUT2D eigenvalue weighted by molar-refractivity contribution is 0.222. The molecule has 5 nitrogen and oxygen atoms in total. The molecule has 0 saturated carbocycles. The van der Waals surface area contributed by atoms with Crippen molar-refractivity contribution in [3.63, 3.8) is 0 Å². The van der Waals surface area contributed by atoms with Crippen molar-refractivity contribution in [2.45, 2.75) is 25.2 Å². The van der Waals surface area contributed by atoms with E-state index in [1.165, 1.54) is 30.7 Å². The lowest BCUT2D eigenvalue weighted by Crippen LogP contribution is -2.42. The fraction of sp³-hybridized carbons (Fsp3) is 0.600. The second kappa shape index (κ2) is 6.64. The molecule has 1 aliphatic rings. The standard InChI is InChI=1S/C15H22ClNO4S/c1-10-5-11(2)9-17(8-10)22(18,19)15-7-13(20-3)12(16)6-14(15)21-4/h6-7,10-11H,5,8-9H2,1-4H3. The van der Waals surface area contributed by atoms with Crippen LogP contribution in [0.4, 0.5) is 0 Å². The molecule has 1 aliphatic heterocycles. The van der Waals surface area contributed by atoms with Crippen molar-refractivity contribution >= 4 is 21.6 Å². The monoisotopic (exact) mass is 347 g/mol. The molecule has 7 heteroatoms. The van der Waals surface area contributed by atoms with E-state index < -0.39 is 10.0 Å². The molecule has 1 heterocycles. The first kappa shape index (κ1) is 17.4. The van der Waals surface area contributed by atoms with Crippen LogP contribution in [0.1, 0.15) is 20.3 Å². The third-order valence-corrected chi connectivity index (χ3v) is 6.04. The van der Waals surface area contributed by atoms with E-state index in [0.717, 1.165) is 6.42 Å². The number of hydrogen-bond acceptors (Lipinski definition) is 4. The van der Waals surface area contributed by atoms with Crippen molar-refractivity contribution in [1.29, 1.82) is 0 Å². The summed E-state index contributed by atoms with van der Waals surface area (Å²) < 4.78 is 37.8. The van der Waals surface area contributed by atoms with E-state index in [9.17, 15) is 8.42 Å². The van der Waals surface area contributed by atoms with Crippen LogP contribution >= 0.6 is 11.6 Å². The van der Waals surface area contributed by atoms with E-state index in [2.05, 4.69) is 13.8 Å². The van der Waals surface area contributed by atoms with Crippen LogP contribution in [-0.2, 0) is 10.0 Å². The van der Waals surface area contributed by atoms with Crippen LogP contribution in [0, 0.1) is 11.8 Å². The predicted octanol–water partition coefficient (Wildman–Crippen LogP) is 3.02. The summed E-state index contributed by atoms with van der Waals surface area (Å²) in [7, 11) is -0.768. The molecule has 0 bridgehead atoms. The van der Waals surface area contributed by atoms with Crippen molar-refractivity contribution in [1.82, 2.24) is 4.31 Å². The highest BCUT2D eigenvalue weighted by Gasteiger charge is 2.34. The molecule has 0 aliphatic carbocycles. The van der Waals surface area contributed by atoms with Gasteiger partial charge in [0.05, 0.1) is 19.2 Å². The van der Waals surface area contributed by atoms with E-state index in [1.807, 2.05) is 0 Å². The highest BCUT2D eigenvalue weighted by Crippen LogP contribution is 2.37. The van der Waals surface area contributed by atoms with Crippen LogP contribution in [0.3, 0.4) is 0 Å². The quantitative estimate of drug-likeness (QED) is 0.840. The molecule has 0 amide bonds. The molecule has 1 saturated heterocycles. The summed E-state index contributed by atoms with van der Waals surface area (Å²) in [6.07, 6.45) is 1.03. The zero-order valence-corrected chi connectivity index (χ0v) is 14.9. The number of halogens is 1. The van der Waals surface area contributed by atoms with Gasteiger partial charge in [0.2, 0.25) is 10.0 Å². The molecule has 0 N–H and O–H groups in total. The van der Waals surface area contributed by atoms with E-state index in [0.29, 0.717) is 35.7 Å². The summed E-state index contributed by atoms with van der Waals surface area (Å²) in [5.74, 6) is 1.22. The third kappa shape index (κ3) is 3.34. The summed E-state index contributed by atoms with van der Waals surface area (Å²) in [6.45, 7) is 5.16. The normalized spacial score (nSPS) is 23.3. The number of hydrogen-bond donors (Lipinski definition) is 0. The molecule has 1 aromatic carbocycles. The summed E-state index contributed by atoms with van der Waals surface area (Å²) in [5.41, 5.74) is 0. The molecule has 2 rings (SSSR count). The van der Waals surface area contributed by atoms with E-state index in [4.69, 9.17) is 21.1 Å². The zero-order valence-electron chi connectivity index (χ0n) is 13.3. The lowest BCUT2D eigenvalue weighted by atomic mass is 9.94. The van der Waals surface area contributed by atoms with E-state index >= 15 is 0 Å². The first-order valence-electron chi connectivity index (χ1n) is 7.21. The number of piperidine rings is 1. The number of nitrogens with zero attached hydrogens (tertiary/aromatic N) is 1. The second-order valence-corrected chi connectivity index (χ2v) is 8.22. The van der Waals surface area contributed by atoms with Crippen LogP contribution < -0.4 is 9.47 Å². The van der Waals surface area contributed by atoms with E-state index in [1.54, 1.807) is 0 Å². The van der Waals surface area contributed by atoms with Crippen LogP contribution in [0.5, 0.6) is 11.5 Å². The van der Waals surface area contributed by atoms with Crippen molar-refractivity contribution in [3.05, 3.63) is 17.2 Å². The smallest absolute Gasteiger partial charge is 0.246 e. The Hall–Kier alpha value is -0.980. The summed E-state index contributed by atoms with van der Waals surface area (Å²) >= 11 is 6.05. The lowest BCUT2D eigenvalue weighted by Gasteiger charge is -2.34. The van der Waals surface area contributed by atoms with Gasteiger partial charge in [0.25, 0.3) is 0 Å². The minimum absolute atomic E-state index is 0.0950. The largest absolute Gasteiger partial charge is 0.495 e.